The first kappa shape index (κ1) is 13.9. The van der Waals surface area contributed by atoms with Gasteiger partial charge < -0.3 is 10.0 Å². The van der Waals surface area contributed by atoms with Gasteiger partial charge in [0.05, 0.1) is 15.9 Å². The van der Waals surface area contributed by atoms with Crippen LogP contribution in [0.4, 0.5) is 9.93 Å². The Morgan fingerprint density at radius 2 is 2.35 bits per heavy atom. The summed E-state index contributed by atoms with van der Waals surface area (Å²) in [6.45, 7) is 1.69. The molecule has 1 aromatic heterocycles. The quantitative estimate of drug-likeness (QED) is 0.889. The summed E-state index contributed by atoms with van der Waals surface area (Å²) in [5, 5.41) is 11.8. The van der Waals surface area contributed by atoms with Crippen LogP contribution in [-0.2, 0) is 4.79 Å². The van der Waals surface area contributed by atoms with Gasteiger partial charge >= 0.3 is 12.0 Å². The number of amides is 2. The number of nitrogens with zero attached hydrogens (tertiary/aromatic N) is 2. The van der Waals surface area contributed by atoms with Crippen LogP contribution in [-0.4, -0.2) is 40.6 Å². The van der Waals surface area contributed by atoms with Crippen molar-refractivity contribution < 1.29 is 14.7 Å². The number of hydrogen-bond donors (Lipinski definition) is 2. The predicted octanol–water partition coefficient (Wildman–Crippen LogP) is 2.09. The van der Waals surface area contributed by atoms with Crippen LogP contribution < -0.4 is 5.32 Å². The molecule has 94 valence electrons. The first-order valence-corrected chi connectivity index (χ1v) is 6.37. The standard InChI is InChI=1S/C9H12BrN3O3S/c1-5(7(14)15)4-13(2)9(16)12-8-11-3-6(10)17-8/h3,5H,4H2,1-2H3,(H,14,15)(H,11,12,16). The zero-order chi connectivity index (χ0) is 13.0. The number of halogens is 1. The molecule has 1 unspecified atom stereocenters. The molecule has 0 bridgehead atoms. The number of carbonyl (C=O) groups is 2. The third-order valence-electron chi connectivity index (χ3n) is 2.01. The molecule has 0 aliphatic rings. The Balaban J connectivity index is 2.50. The molecule has 0 radical (unpaired) electrons. The van der Waals surface area contributed by atoms with E-state index >= 15 is 0 Å². The van der Waals surface area contributed by atoms with Crippen molar-refractivity contribution in [1.82, 2.24) is 9.88 Å². The maximum absolute atomic E-state index is 11.7. The molecule has 0 saturated carbocycles. The molecular weight excluding hydrogens is 310 g/mol. The Hall–Kier alpha value is -1.15. The molecule has 1 aromatic rings. The van der Waals surface area contributed by atoms with Crippen LogP contribution >= 0.6 is 27.3 Å². The molecule has 0 aromatic carbocycles. The van der Waals surface area contributed by atoms with E-state index in [4.69, 9.17) is 5.11 Å². The van der Waals surface area contributed by atoms with Gasteiger partial charge in [0.25, 0.3) is 0 Å². The molecule has 6 nitrogen and oxygen atoms in total. The lowest BCUT2D eigenvalue weighted by molar-refractivity contribution is -0.141. The highest BCUT2D eigenvalue weighted by atomic mass is 79.9. The van der Waals surface area contributed by atoms with Crippen molar-refractivity contribution in [3.8, 4) is 0 Å². The smallest absolute Gasteiger partial charge is 0.323 e. The van der Waals surface area contributed by atoms with Crippen LogP contribution in [0.15, 0.2) is 9.98 Å². The van der Waals surface area contributed by atoms with Gasteiger partial charge in [-0.3, -0.25) is 10.1 Å². The number of anilines is 1. The van der Waals surface area contributed by atoms with Crippen LogP contribution in [0.2, 0.25) is 0 Å². The molecule has 0 aliphatic carbocycles. The van der Waals surface area contributed by atoms with Gasteiger partial charge in [-0.2, -0.15) is 0 Å². The lowest BCUT2D eigenvalue weighted by Crippen LogP contribution is -2.36. The largest absolute Gasteiger partial charge is 0.481 e. The molecule has 1 rings (SSSR count). The molecule has 2 N–H and O–H groups in total. The van der Waals surface area contributed by atoms with Gasteiger partial charge in [-0.25, -0.2) is 9.78 Å². The molecule has 0 saturated heterocycles. The van der Waals surface area contributed by atoms with Crippen molar-refractivity contribution in [1.29, 1.82) is 0 Å². The number of aromatic nitrogens is 1. The fourth-order valence-electron chi connectivity index (χ4n) is 1.07. The van der Waals surface area contributed by atoms with Crippen LogP contribution in [0.5, 0.6) is 0 Å². The molecule has 8 heteroatoms. The van der Waals surface area contributed by atoms with Crippen molar-refractivity contribution >= 4 is 44.4 Å². The van der Waals surface area contributed by atoms with Crippen LogP contribution in [0.1, 0.15) is 6.92 Å². The van der Waals surface area contributed by atoms with Crippen molar-refractivity contribution in [3.05, 3.63) is 9.98 Å². The van der Waals surface area contributed by atoms with Gasteiger partial charge in [-0.1, -0.05) is 18.3 Å². The summed E-state index contributed by atoms with van der Waals surface area (Å²) in [7, 11) is 1.54. The summed E-state index contributed by atoms with van der Waals surface area (Å²) in [5.41, 5.74) is 0. The van der Waals surface area contributed by atoms with E-state index in [2.05, 4.69) is 26.2 Å². The maximum Gasteiger partial charge on any atom is 0.323 e. The van der Waals surface area contributed by atoms with E-state index in [9.17, 15) is 9.59 Å². The average Bonchev–Trinajstić information content (AvgIpc) is 2.63. The van der Waals surface area contributed by atoms with E-state index in [0.717, 1.165) is 3.79 Å². The highest BCUT2D eigenvalue weighted by molar-refractivity contribution is 9.11. The minimum absolute atomic E-state index is 0.147. The zero-order valence-electron chi connectivity index (χ0n) is 9.31. The fourth-order valence-corrected chi connectivity index (χ4v) is 2.17. The minimum Gasteiger partial charge on any atom is -0.481 e. The Morgan fingerprint density at radius 3 is 2.82 bits per heavy atom. The van der Waals surface area contributed by atoms with Crippen molar-refractivity contribution in [2.24, 2.45) is 5.92 Å². The fraction of sp³-hybridized carbons (Fsp3) is 0.444. The second-order valence-electron chi connectivity index (χ2n) is 3.52. The second-order valence-corrected chi connectivity index (χ2v) is 5.93. The zero-order valence-corrected chi connectivity index (χ0v) is 11.7. The summed E-state index contributed by atoms with van der Waals surface area (Å²) >= 11 is 4.52. The van der Waals surface area contributed by atoms with E-state index in [0.29, 0.717) is 5.13 Å². The number of hydrogen-bond acceptors (Lipinski definition) is 4. The highest BCUT2D eigenvalue weighted by Gasteiger charge is 2.17. The molecular formula is C9H12BrN3O3S. The average molecular weight is 322 g/mol. The number of carboxylic acid groups (broad SMARTS) is 1. The summed E-state index contributed by atoms with van der Waals surface area (Å²) < 4.78 is 0.814. The lowest BCUT2D eigenvalue weighted by atomic mass is 10.2. The summed E-state index contributed by atoms with van der Waals surface area (Å²) in [6, 6.07) is -0.375. The molecule has 1 atom stereocenters. The summed E-state index contributed by atoms with van der Waals surface area (Å²) in [5.74, 6) is -1.53. The molecule has 0 aliphatic heterocycles. The number of aliphatic carboxylic acids is 1. The molecule has 2 amide bonds. The van der Waals surface area contributed by atoms with Gasteiger partial charge in [0.1, 0.15) is 0 Å². The number of carbonyl (C=O) groups excluding carboxylic acids is 1. The third-order valence-corrected chi connectivity index (χ3v) is 3.40. The monoisotopic (exact) mass is 321 g/mol. The van der Waals surface area contributed by atoms with Gasteiger partial charge in [-0.15, -0.1) is 0 Å². The first-order valence-electron chi connectivity index (χ1n) is 4.76. The summed E-state index contributed by atoms with van der Waals surface area (Å²) in [6.07, 6.45) is 1.58. The maximum atomic E-state index is 11.7. The topological polar surface area (TPSA) is 82.5 Å². The van der Waals surface area contributed by atoms with Crippen LogP contribution in [0.25, 0.3) is 0 Å². The highest BCUT2D eigenvalue weighted by Crippen LogP contribution is 2.23. The number of urea groups is 1. The van der Waals surface area contributed by atoms with Crippen LogP contribution in [0, 0.1) is 5.92 Å². The SMILES string of the molecule is CC(CN(C)C(=O)Nc1ncc(Br)s1)C(=O)O. The Kier molecular flexibility index (Phi) is 4.88. The minimum atomic E-state index is -0.929. The molecule has 17 heavy (non-hydrogen) atoms. The number of thiazole rings is 1. The normalized spacial score (nSPS) is 11.9. The van der Waals surface area contributed by atoms with Crippen molar-refractivity contribution in [2.45, 2.75) is 6.92 Å². The van der Waals surface area contributed by atoms with Crippen LogP contribution in [0.3, 0.4) is 0 Å². The van der Waals surface area contributed by atoms with Gasteiger partial charge in [0.15, 0.2) is 5.13 Å². The second kappa shape index (κ2) is 5.97. The third kappa shape index (κ3) is 4.31. The van der Waals surface area contributed by atoms with Gasteiger partial charge in [-0.05, 0) is 15.9 Å². The lowest BCUT2D eigenvalue weighted by Gasteiger charge is -2.18. The molecule has 0 fully saturated rings. The van der Waals surface area contributed by atoms with E-state index < -0.39 is 11.9 Å². The Bertz CT molecular complexity index is 423. The number of nitrogens with one attached hydrogen (secondary N) is 1. The van der Waals surface area contributed by atoms with Crippen molar-refractivity contribution in [2.75, 3.05) is 18.9 Å². The van der Waals surface area contributed by atoms with Crippen molar-refractivity contribution in [3.63, 3.8) is 0 Å². The predicted molar refractivity (Wildman–Crippen MR) is 68.3 cm³/mol. The molecule has 1 heterocycles. The van der Waals surface area contributed by atoms with Gasteiger partial charge in [0.2, 0.25) is 0 Å². The van der Waals surface area contributed by atoms with E-state index in [1.54, 1.807) is 13.1 Å². The van der Waals surface area contributed by atoms with E-state index in [-0.39, 0.29) is 12.6 Å². The Labute approximate surface area is 111 Å². The van der Waals surface area contributed by atoms with E-state index in [1.807, 2.05) is 0 Å². The molecule has 0 spiro atoms. The number of carboxylic acids is 1. The van der Waals surface area contributed by atoms with E-state index in [1.165, 1.54) is 23.3 Å². The summed E-state index contributed by atoms with van der Waals surface area (Å²) in [4.78, 5) is 27.6. The Morgan fingerprint density at radius 1 is 1.71 bits per heavy atom. The van der Waals surface area contributed by atoms with Gasteiger partial charge in [0, 0.05) is 13.6 Å². The number of rotatable bonds is 4. The first-order chi connectivity index (χ1) is 7.90.